The largest absolute Gasteiger partial charge is 0.481 e. The van der Waals surface area contributed by atoms with Gasteiger partial charge in [0.15, 0.2) is 0 Å². The van der Waals surface area contributed by atoms with Gasteiger partial charge in [-0.3, -0.25) is 4.79 Å². The van der Waals surface area contributed by atoms with Gasteiger partial charge in [-0.05, 0) is 42.3 Å². The first-order valence-corrected chi connectivity index (χ1v) is 6.26. The SMILES string of the molecule is O=C(O)C1CNCC1C1Cc2ccccc2C1. The Hall–Kier alpha value is -1.35. The van der Waals surface area contributed by atoms with E-state index in [0.29, 0.717) is 18.4 Å². The lowest BCUT2D eigenvalue weighted by Crippen LogP contribution is -2.28. The third-order valence-corrected chi connectivity index (χ3v) is 4.27. The standard InChI is InChI=1S/C14H17NO2/c16-14(17)13-8-15-7-12(13)11-5-9-3-1-2-4-10(9)6-11/h1-4,11-13,15H,5-8H2,(H,16,17). The molecule has 2 unspecified atom stereocenters. The molecule has 1 aromatic rings. The summed E-state index contributed by atoms with van der Waals surface area (Å²) in [5.41, 5.74) is 2.82. The van der Waals surface area contributed by atoms with Crippen molar-refractivity contribution in [3.05, 3.63) is 35.4 Å². The lowest BCUT2D eigenvalue weighted by Gasteiger charge is -2.21. The van der Waals surface area contributed by atoms with Crippen LogP contribution in [0.3, 0.4) is 0 Å². The van der Waals surface area contributed by atoms with E-state index in [1.54, 1.807) is 0 Å². The van der Waals surface area contributed by atoms with Crippen molar-refractivity contribution in [1.29, 1.82) is 0 Å². The first kappa shape index (κ1) is 10.8. The third-order valence-electron chi connectivity index (χ3n) is 4.27. The zero-order valence-electron chi connectivity index (χ0n) is 9.73. The van der Waals surface area contributed by atoms with Crippen LogP contribution in [0.2, 0.25) is 0 Å². The fraction of sp³-hybridized carbons (Fsp3) is 0.500. The Morgan fingerprint density at radius 3 is 2.41 bits per heavy atom. The van der Waals surface area contributed by atoms with Gasteiger partial charge >= 0.3 is 5.97 Å². The van der Waals surface area contributed by atoms with Gasteiger partial charge in [0, 0.05) is 6.54 Å². The molecule has 17 heavy (non-hydrogen) atoms. The second-order valence-electron chi connectivity index (χ2n) is 5.20. The smallest absolute Gasteiger partial charge is 0.308 e. The number of hydrogen-bond acceptors (Lipinski definition) is 2. The van der Waals surface area contributed by atoms with E-state index in [9.17, 15) is 9.90 Å². The van der Waals surface area contributed by atoms with Crippen LogP contribution in [-0.4, -0.2) is 24.2 Å². The summed E-state index contributed by atoms with van der Waals surface area (Å²) in [6.07, 6.45) is 2.10. The molecule has 1 heterocycles. The van der Waals surface area contributed by atoms with Gasteiger partial charge in [-0.2, -0.15) is 0 Å². The number of carboxylic acid groups (broad SMARTS) is 1. The van der Waals surface area contributed by atoms with Gasteiger partial charge in [0.2, 0.25) is 0 Å². The fourth-order valence-corrected chi connectivity index (χ4v) is 3.36. The van der Waals surface area contributed by atoms with Crippen molar-refractivity contribution < 1.29 is 9.90 Å². The number of aliphatic carboxylic acids is 1. The van der Waals surface area contributed by atoms with Crippen LogP contribution in [0, 0.1) is 17.8 Å². The van der Waals surface area contributed by atoms with Crippen molar-refractivity contribution in [3.8, 4) is 0 Å². The van der Waals surface area contributed by atoms with E-state index in [0.717, 1.165) is 19.4 Å². The summed E-state index contributed by atoms with van der Waals surface area (Å²) < 4.78 is 0. The van der Waals surface area contributed by atoms with Crippen LogP contribution < -0.4 is 5.32 Å². The Morgan fingerprint density at radius 2 is 1.82 bits per heavy atom. The Balaban J connectivity index is 1.78. The Labute approximate surface area is 101 Å². The molecule has 90 valence electrons. The topological polar surface area (TPSA) is 49.3 Å². The zero-order chi connectivity index (χ0) is 11.8. The highest BCUT2D eigenvalue weighted by Gasteiger charge is 2.40. The number of carboxylic acids is 1. The van der Waals surface area contributed by atoms with Crippen LogP contribution >= 0.6 is 0 Å². The van der Waals surface area contributed by atoms with Crippen LogP contribution in [0.15, 0.2) is 24.3 Å². The minimum Gasteiger partial charge on any atom is -0.481 e. The Kier molecular flexibility index (Phi) is 2.63. The van der Waals surface area contributed by atoms with Crippen molar-refractivity contribution in [2.45, 2.75) is 12.8 Å². The molecule has 1 aromatic carbocycles. The van der Waals surface area contributed by atoms with Crippen LogP contribution in [0.5, 0.6) is 0 Å². The molecule has 0 amide bonds. The summed E-state index contributed by atoms with van der Waals surface area (Å²) in [4.78, 5) is 11.2. The lowest BCUT2D eigenvalue weighted by molar-refractivity contribution is -0.142. The van der Waals surface area contributed by atoms with Crippen LogP contribution in [0.1, 0.15) is 11.1 Å². The highest BCUT2D eigenvalue weighted by atomic mass is 16.4. The molecule has 2 aliphatic rings. The second-order valence-corrected chi connectivity index (χ2v) is 5.20. The predicted molar refractivity (Wildman–Crippen MR) is 64.8 cm³/mol. The molecule has 1 aliphatic heterocycles. The normalized spacial score (nSPS) is 28.2. The maximum Gasteiger partial charge on any atom is 0.308 e. The number of nitrogens with one attached hydrogen (secondary N) is 1. The molecular formula is C14H17NO2. The lowest BCUT2D eigenvalue weighted by atomic mass is 9.82. The van der Waals surface area contributed by atoms with E-state index in [1.807, 2.05) is 0 Å². The summed E-state index contributed by atoms with van der Waals surface area (Å²) >= 11 is 0. The summed E-state index contributed by atoms with van der Waals surface area (Å²) in [6.45, 7) is 1.49. The number of fused-ring (bicyclic) bond motifs is 1. The minimum absolute atomic E-state index is 0.200. The van der Waals surface area contributed by atoms with Crippen molar-refractivity contribution in [1.82, 2.24) is 5.32 Å². The number of hydrogen-bond donors (Lipinski definition) is 2. The van der Waals surface area contributed by atoms with Crippen molar-refractivity contribution in [2.75, 3.05) is 13.1 Å². The van der Waals surface area contributed by atoms with E-state index in [2.05, 4.69) is 29.6 Å². The predicted octanol–water partition coefficient (Wildman–Crippen LogP) is 1.32. The second kappa shape index (κ2) is 4.15. The van der Waals surface area contributed by atoms with E-state index in [-0.39, 0.29) is 5.92 Å². The van der Waals surface area contributed by atoms with E-state index in [1.165, 1.54) is 11.1 Å². The molecule has 0 radical (unpaired) electrons. The van der Waals surface area contributed by atoms with Crippen LogP contribution in [0.4, 0.5) is 0 Å². The van der Waals surface area contributed by atoms with Gasteiger partial charge in [-0.25, -0.2) is 0 Å². The fourth-order valence-electron chi connectivity index (χ4n) is 3.36. The van der Waals surface area contributed by atoms with Gasteiger partial charge < -0.3 is 10.4 Å². The molecular weight excluding hydrogens is 214 g/mol. The third kappa shape index (κ3) is 1.84. The first-order valence-electron chi connectivity index (χ1n) is 6.26. The Bertz CT molecular complexity index is 419. The molecule has 3 heteroatoms. The molecule has 1 saturated heterocycles. The molecule has 3 nitrogen and oxygen atoms in total. The maximum absolute atomic E-state index is 11.2. The van der Waals surface area contributed by atoms with Crippen molar-refractivity contribution in [2.24, 2.45) is 17.8 Å². The summed E-state index contributed by atoms with van der Waals surface area (Å²) in [7, 11) is 0. The molecule has 2 atom stereocenters. The highest BCUT2D eigenvalue weighted by Crippen LogP contribution is 2.36. The molecule has 1 fully saturated rings. The van der Waals surface area contributed by atoms with Gasteiger partial charge in [-0.15, -0.1) is 0 Å². The van der Waals surface area contributed by atoms with Gasteiger partial charge in [0.25, 0.3) is 0 Å². The average Bonchev–Trinajstić information content (AvgIpc) is 2.95. The van der Waals surface area contributed by atoms with E-state index in [4.69, 9.17) is 0 Å². The summed E-state index contributed by atoms with van der Waals surface area (Å²) in [5.74, 6) is -0.0475. The van der Waals surface area contributed by atoms with Gasteiger partial charge in [0.1, 0.15) is 0 Å². The minimum atomic E-state index is -0.643. The van der Waals surface area contributed by atoms with Crippen molar-refractivity contribution >= 4 is 5.97 Å². The molecule has 0 bridgehead atoms. The molecule has 0 saturated carbocycles. The highest BCUT2D eigenvalue weighted by molar-refractivity contribution is 5.71. The Morgan fingerprint density at radius 1 is 1.18 bits per heavy atom. The average molecular weight is 231 g/mol. The molecule has 0 aromatic heterocycles. The van der Waals surface area contributed by atoms with Crippen LogP contribution in [0.25, 0.3) is 0 Å². The van der Waals surface area contributed by atoms with E-state index < -0.39 is 5.97 Å². The van der Waals surface area contributed by atoms with Gasteiger partial charge in [-0.1, -0.05) is 24.3 Å². The zero-order valence-corrected chi connectivity index (χ0v) is 9.73. The first-order chi connectivity index (χ1) is 8.25. The molecule has 3 rings (SSSR count). The monoisotopic (exact) mass is 231 g/mol. The van der Waals surface area contributed by atoms with Crippen molar-refractivity contribution in [3.63, 3.8) is 0 Å². The maximum atomic E-state index is 11.2. The molecule has 2 N–H and O–H groups in total. The number of carbonyl (C=O) groups is 1. The number of rotatable bonds is 2. The summed E-state index contributed by atoms with van der Waals surface area (Å²) in [6, 6.07) is 8.49. The van der Waals surface area contributed by atoms with E-state index >= 15 is 0 Å². The number of benzene rings is 1. The summed E-state index contributed by atoms with van der Waals surface area (Å²) in [5, 5.41) is 12.4. The molecule has 1 aliphatic carbocycles. The quantitative estimate of drug-likeness (QED) is 0.807. The van der Waals surface area contributed by atoms with Gasteiger partial charge in [0.05, 0.1) is 5.92 Å². The molecule has 0 spiro atoms. The van der Waals surface area contributed by atoms with Crippen LogP contribution in [-0.2, 0) is 17.6 Å².